The third-order valence-corrected chi connectivity index (χ3v) is 2.36. The van der Waals surface area contributed by atoms with E-state index >= 15 is 0 Å². The molecule has 1 heterocycles. The molecule has 0 radical (unpaired) electrons. The van der Waals surface area contributed by atoms with Gasteiger partial charge in [0.25, 0.3) is 0 Å². The molecule has 4 N–H and O–H groups in total. The Balaban J connectivity index is 2.66. The van der Waals surface area contributed by atoms with Gasteiger partial charge < -0.3 is 20.6 Å². The quantitative estimate of drug-likeness (QED) is 0.759. The second-order valence-electron chi connectivity index (χ2n) is 3.95. The zero-order chi connectivity index (χ0) is 14.8. The van der Waals surface area contributed by atoms with Crippen LogP contribution in [-0.4, -0.2) is 28.7 Å². The van der Waals surface area contributed by atoms with Crippen LogP contribution in [0, 0.1) is 0 Å². The average molecular weight is 280 g/mol. The van der Waals surface area contributed by atoms with Crippen molar-refractivity contribution < 1.29 is 32.3 Å². The van der Waals surface area contributed by atoms with E-state index in [0.717, 1.165) is 6.07 Å². The normalized spacial score (nSPS) is 14.8. The van der Waals surface area contributed by atoms with Crippen LogP contribution in [0.3, 0.4) is 0 Å². The largest absolute Gasteiger partial charge is 0.475 e. The minimum absolute atomic E-state index is 0.00345. The number of carbonyl (C=O) groups is 2. The molecule has 0 fully saturated rings. The minimum atomic E-state index is -4.90. The Labute approximate surface area is 105 Å². The van der Waals surface area contributed by atoms with Crippen molar-refractivity contribution in [3.8, 4) is 0 Å². The Morgan fingerprint density at radius 1 is 1.42 bits per heavy atom. The molecule has 0 saturated carbocycles. The Morgan fingerprint density at radius 2 is 2.00 bits per heavy atom. The standard InChI is InChI=1S/C10H11F3N2O4/c1-9(14,10(11,12)13)8(18)15-4-5-2-3-6(19-5)7(16)17/h2-3H,4,14H2,1H3,(H,15,18)(H,16,17). The first-order valence-corrected chi connectivity index (χ1v) is 5.01. The second-order valence-corrected chi connectivity index (χ2v) is 3.95. The molecule has 0 aliphatic heterocycles. The maximum Gasteiger partial charge on any atom is 0.415 e. The van der Waals surface area contributed by atoms with Crippen LogP contribution in [0.5, 0.6) is 0 Å². The van der Waals surface area contributed by atoms with Crippen molar-refractivity contribution in [1.29, 1.82) is 0 Å². The van der Waals surface area contributed by atoms with Crippen LogP contribution in [0.4, 0.5) is 13.2 Å². The summed E-state index contributed by atoms with van der Waals surface area (Å²) in [6.45, 7) is 0.141. The molecule has 0 bridgehead atoms. The molecule has 106 valence electrons. The molecular formula is C10H11F3N2O4. The zero-order valence-corrected chi connectivity index (χ0v) is 9.75. The summed E-state index contributed by atoms with van der Waals surface area (Å²) in [6, 6.07) is 2.35. The summed E-state index contributed by atoms with van der Waals surface area (Å²) in [4.78, 5) is 21.8. The number of hydrogen-bond donors (Lipinski definition) is 3. The van der Waals surface area contributed by atoms with Gasteiger partial charge in [-0.2, -0.15) is 13.2 Å². The van der Waals surface area contributed by atoms with Gasteiger partial charge in [0.2, 0.25) is 11.7 Å². The third-order valence-electron chi connectivity index (χ3n) is 2.36. The van der Waals surface area contributed by atoms with Crippen LogP contribution in [0.25, 0.3) is 0 Å². The fourth-order valence-electron chi connectivity index (χ4n) is 1.07. The van der Waals surface area contributed by atoms with Crippen LogP contribution in [0.1, 0.15) is 23.2 Å². The Hall–Kier alpha value is -2.03. The van der Waals surface area contributed by atoms with Gasteiger partial charge in [0.1, 0.15) is 5.76 Å². The van der Waals surface area contributed by atoms with Gasteiger partial charge >= 0.3 is 12.1 Å². The number of aromatic carboxylic acids is 1. The first kappa shape index (κ1) is 15.0. The molecular weight excluding hydrogens is 269 g/mol. The van der Waals surface area contributed by atoms with E-state index in [1.165, 1.54) is 6.07 Å². The lowest BCUT2D eigenvalue weighted by atomic mass is 10.0. The van der Waals surface area contributed by atoms with Crippen molar-refractivity contribution in [2.75, 3.05) is 0 Å². The smallest absolute Gasteiger partial charge is 0.415 e. The van der Waals surface area contributed by atoms with Crippen molar-refractivity contribution in [1.82, 2.24) is 5.32 Å². The molecule has 0 saturated heterocycles. The number of carboxylic acids is 1. The highest BCUT2D eigenvalue weighted by Crippen LogP contribution is 2.28. The van der Waals surface area contributed by atoms with E-state index in [-0.39, 0.29) is 11.5 Å². The number of amides is 1. The molecule has 9 heteroatoms. The molecule has 1 aromatic heterocycles. The molecule has 1 aromatic rings. The highest BCUT2D eigenvalue weighted by molar-refractivity contribution is 5.86. The number of nitrogens with one attached hydrogen (secondary N) is 1. The van der Waals surface area contributed by atoms with Gasteiger partial charge in [-0.25, -0.2) is 4.79 Å². The lowest BCUT2D eigenvalue weighted by molar-refractivity contribution is -0.187. The van der Waals surface area contributed by atoms with Crippen LogP contribution in [0.2, 0.25) is 0 Å². The van der Waals surface area contributed by atoms with Crippen molar-refractivity contribution in [2.45, 2.75) is 25.2 Å². The molecule has 1 atom stereocenters. The van der Waals surface area contributed by atoms with Gasteiger partial charge in [0.15, 0.2) is 5.54 Å². The summed E-state index contributed by atoms with van der Waals surface area (Å²) >= 11 is 0. The SMILES string of the molecule is CC(N)(C(=O)NCc1ccc(C(=O)O)o1)C(F)(F)F. The maximum absolute atomic E-state index is 12.4. The van der Waals surface area contributed by atoms with Gasteiger partial charge in [-0.15, -0.1) is 0 Å². The number of hydrogen-bond acceptors (Lipinski definition) is 4. The summed E-state index contributed by atoms with van der Waals surface area (Å²) < 4.78 is 42.1. The van der Waals surface area contributed by atoms with Gasteiger partial charge in [-0.3, -0.25) is 4.79 Å². The predicted molar refractivity (Wildman–Crippen MR) is 56.2 cm³/mol. The van der Waals surface area contributed by atoms with Crippen LogP contribution in [0.15, 0.2) is 16.5 Å². The molecule has 1 amide bonds. The second kappa shape index (κ2) is 4.92. The highest BCUT2D eigenvalue weighted by Gasteiger charge is 2.53. The monoisotopic (exact) mass is 280 g/mol. The Bertz CT molecular complexity index is 493. The number of carbonyl (C=O) groups excluding carboxylic acids is 1. The van der Waals surface area contributed by atoms with Crippen LogP contribution in [-0.2, 0) is 11.3 Å². The number of nitrogens with two attached hydrogens (primary N) is 1. The number of rotatable bonds is 4. The predicted octanol–water partition coefficient (Wildman–Crippen LogP) is 0.874. The van der Waals surface area contributed by atoms with E-state index in [1.54, 1.807) is 0 Å². The van der Waals surface area contributed by atoms with Crippen LogP contribution >= 0.6 is 0 Å². The summed E-state index contributed by atoms with van der Waals surface area (Å²) in [5.74, 6) is -3.14. The molecule has 6 nitrogen and oxygen atoms in total. The number of furan rings is 1. The summed E-state index contributed by atoms with van der Waals surface area (Å²) in [6.07, 6.45) is -4.90. The zero-order valence-electron chi connectivity index (χ0n) is 9.75. The van der Waals surface area contributed by atoms with Gasteiger partial charge in [-0.1, -0.05) is 0 Å². The van der Waals surface area contributed by atoms with Crippen molar-refractivity contribution in [3.05, 3.63) is 23.7 Å². The summed E-state index contributed by atoms with van der Waals surface area (Å²) in [5, 5.41) is 10.5. The van der Waals surface area contributed by atoms with Crippen molar-refractivity contribution >= 4 is 11.9 Å². The maximum atomic E-state index is 12.4. The summed E-state index contributed by atoms with van der Waals surface area (Å²) in [7, 11) is 0. The highest BCUT2D eigenvalue weighted by atomic mass is 19.4. The topological polar surface area (TPSA) is 106 Å². The lowest BCUT2D eigenvalue weighted by Gasteiger charge is -2.25. The van der Waals surface area contributed by atoms with Gasteiger partial charge in [-0.05, 0) is 19.1 Å². The van der Waals surface area contributed by atoms with Crippen molar-refractivity contribution in [3.63, 3.8) is 0 Å². The summed E-state index contributed by atoms with van der Waals surface area (Å²) in [5.41, 5.74) is 1.86. The Kier molecular flexibility index (Phi) is 3.89. The van der Waals surface area contributed by atoms with E-state index in [1.807, 2.05) is 5.32 Å². The third kappa shape index (κ3) is 3.25. The van der Waals surface area contributed by atoms with Gasteiger partial charge in [0.05, 0.1) is 6.54 Å². The van der Waals surface area contributed by atoms with E-state index in [2.05, 4.69) is 0 Å². The Morgan fingerprint density at radius 3 is 2.42 bits per heavy atom. The average Bonchev–Trinajstić information content (AvgIpc) is 2.72. The molecule has 0 spiro atoms. The molecule has 1 rings (SSSR count). The number of carboxylic acid groups (broad SMARTS) is 1. The molecule has 19 heavy (non-hydrogen) atoms. The molecule has 0 aromatic carbocycles. The molecule has 0 aliphatic rings. The van der Waals surface area contributed by atoms with E-state index in [4.69, 9.17) is 15.3 Å². The number of alkyl halides is 3. The molecule has 1 unspecified atom stereocenters. The van der Waals surface area contributed by atoms with Gasteiger partial charge in [0, 0.05) is 0 Å². The fourth-order valence-corrected chi connectivity index (χ4v) is 1.07. The first-order valence-electron chi connectivity index (χ1n) is 5.01. The van der Waals surface area contributed by atoms with Crippen LogP contribution < -0.4 is 11.1 Å². The minimum Gasteiger partial charge on any atom is -0.475 e. The fraction of sp³-hybridized carbons (Fsp3) is 0.400. The van der Waals surface area contributed by atoms with Crippen molar-refractivity contribution in [2.24, 2.45) is 5.73 Å². The first-order chi connectivity index (χ1) is 8.55. The van der Waals surface area contributed by atoms with E-state index in [0.29, 0.717) is 6.92 Å². The number of halogens is 3. The molecule has 0 aliphatic carbocycles. The van der Waals surface area contributed by atoms with E-state index in [9.17, 15) is 22.8 Å². The van der Waals surface area contributed by atoms with E-state index < -0.39 is 30.1 Å². The lowest BCUT2D eigenvalue weighted by Crippen LogP contribution is -2.61.